The van der Waals surface area contributed by atoms with Gasteiger partial charge >= 0.3 is 0 Å². The third kappa shape index (κ3) is 1.82. The molecule has 0 fully saturated rings. The quantitative estimate of drug-likeness (QED) is 0.739. The average molecular weight is 237 g/mol. The molecule has 5 heteroatoms. The molecule has 0 unspecified atom stereocenters. The van der Waals surface area contributed by atoms with E-state index >= 15 is 0 Å². The largest absolute Gasteiger partial charge is 0.397 e. The Kier molecular flexibility index (Phi) is 2.49. The van der Waals surface area contributed by atoms with Crippen molar-refractivity contribution < 1.29 is 0 Å². The molecule has 0 amide bonds. The number of hydrogen-bond donors (Lipinski definition) is 1. The smallest absolute Gasteiger partial charge is 0.187 e. The van der Waals surface area contributed by atoms with E-state index in [1.54, 1.807) is 18.6 Å². The molecule has 2 N–H and O–H groups in total. The van der Waals surface area contributed by atoms with E-state index in [1.807, 2.05) is 41.0 Å². The van der Waals surface area contributed by atoms with Crippen molar-refractivity contribution >= 4 is 5.69 Å². The number of anilines is 1. The fourth-order valence-corrected chi connectivity index (χ4v) is 1.72. The molecule has 0 aliphatic carbocycles. The minimum atomic E-state index is 0.629. The van der Waals surface area contributed by atoms with Gasteiger partial charge in [-0.1, -0.05) is 18.2 Å². The molecule has 0 spiro atoms. The summed E-state index contributed by atoms with van der Waals surface area (Å²) in [6.45, 7) is 0. The van der Waals surface area contributed by atoms with Crippen LogP contribution in [-0.2, 0) is 0 Å². The van der Waals surface area contributed by atoms with E-state index in [-0.39, 0.29) is 0 Å². The molecule has 0 atom stereocenters. The highest BCUT2D eigenvalue weighted by molar-refractivity contribution is 5.55. The molecule has 0 saturated heterocycles. The number of benzene rings is 1. The molecule has 88 valence electrons. The first-order chi connectivity index (χ1) is 8.84. The third-order valence-corrected chi connectivity index (χ3v) is 2.60. The summed E-state index contributed by atoms with van der Waals surface area (Å²) in [6, 6.07) is 13.5. The summed E-state index contributed by atoms with van der Waals surface area (Å²) in [7, 11) is 0. The summed E-state index contributed by atoms with van der Waals surface area (Å²) in [5, 5.41) is 8.04. The Labute approximate surface area is 104 Å². The van der Waals surface area contributed by atoms with Crippen LogP contribution in [0.3, 0.4) is 0 Å². The Bertz CT molecular complexity index is 643. The second-order valence-electron chi connectivity index (χ2n) is 3.84. The first kappa shape index (κ1) is 10.5. The highest BCUT2D eigenvalue weighted by Gasteiger charge is 2.09. The van der Waals surface area contributed by atoms with E-state index in [9.17, 15) is 0 Å². The molecule has 5 nitrogen and oxygen atoms in total. The van der Waals surface area contributed by atoms with Crippen LogP contribution in [0.2, 0.25) is 0 Å². The molecule has 1 aromatic carbocycles. The van der Waals surface area contributed by atoms with Crippen molar-refractivity contribution in [2.75, 3.05) is 5.73 Å². The van der Waals surface area contributed by atoms with E-state index in [0.717, 1.165) is 11.4 Å². The Morgan fingerprint density at radius 1 is 1.00 bits per heavy atom. The molecular weight excluding hydrogens is 226 g/mol. The standard InChI is InChI=1S/C13H11N5/c14-10-6-7-12(15-8-10)13-17-16-9-18(13)11-4-2-1-3-5-11/h1-9H,14H2. The lowest BCUT2D eigenvalue weighted by atomic mass is 10.3. The molecule has 0 aliphatic rings. The highest BCUT2D eigenvalue weighted by Crippen LogP contribution is 2.18. The van der Waals surface area contributed by atoms with E-state index < -0.39 is 0 Å². The topological polar surface area (TPSA) is 69.6 Å². The fraction of sp³-hybridized carbons (Fsp3) is 0. The van der Waals surface area contributed by atoms with Gasteiger partial charge in [-0.15, -0.1) is 10.2 Å². The normalized spacial score (nSPS) is 10.4. The average Bonchev–Trinajstić information content (AvgIpc) is 2.90. The van der Waals surface area contributed by atoms with Gasteiger partial charge in [-0.3, -0.25) is 9.55 Å². The molecule has 0 saturated carbocycles. The number of aromatic nitrogens is 4. The van der Waals surface area contributed by atoms with Gasteiger partial charge in [0, 0.05) is 5.69 Å². The van der Waals surface area contributed by atoms with Crippen LogP contribution >= 0.6 is 0 Å². The first-order valence-corrected chi connectivity index (χ1v) is 5.52. The zero-order valence-corrected chi connectivity index (χ0v) is 9.56. The summed E-state index contributed by atoms with van der Waals surface area (Å²) in [5.74, 6) is 0.696. The number of hydrogen-bond acceptors (Lipinski definition) is 4. The van der Waals surface area contributed by atoms with Gasteiger partial charge in [0.05, 0.1) is 11.9 Å². The van der Waals surface area contributed by atoms with Gasteiger partial charge < -0.3 is 5.73 Å². The molecule has 0 aliphatic heterocycles. The van der Waals surface area contributed by atoms with Gasteiger partial charge in [0.15, 0.2) is 5.82 Å². The summed E-state index contributed by atoms with van der Waals surface area (Å²) < 4.78 is 1.89. The lowest BCUT2D eigenvalue weighted by molar-refractivity contribution is 1.05. The van der Waals surface area contributed by atoms with Crippen LogP contribution in [0.5, 0.6) is 0 Å². The van der Waals surface area contributed by atoms with Crippen LogP contribution in [0.15, 0.2) is 55.0 Å². The van der Waals surface area contributed by atoms with Gasteiger partial charge in [-0.25, -0.2) is 0 Å². The summed E-state index contributed by atoms with van der Waals surface area (Å²) in [6.07, 6.45) is 3.28. The number of nitrogen functional groups attached to an aromatic ring is 1. The van der Waals surface area contributed by atoms with Gasteiger partial charge in [0.1, 0.15) is 12.0 Å². The van der Waals surface area contributed by atoms with Crippen molar-refractivity contribution in [2.45, 2.75) is 0 Å². The second-order valence-corrected chi connectivity index (χ2v) is 3.84. The Morgan fingerprint density at radius 2 is 1.83 bits per heavy atom. The summed E-state index contributed by atoms with van der Waals surface area (Å²) >= 11 is 0. The number of pyridine rings is 1. The number of para-hydroxylation sites is 1. The summed E-state index contributed by atoms with van der Waals surface area (Å²) in [5.41, 5.74) is 7.99. The van der Waals surface area contributed by atoms with Crippen molar-refractivity contribution in [3.63, 3.8) is 0 Å². The Balaban J connectivity index is 2.10. The number of nitrogens with two attached hydrogens (primary N) is 1. The molecule has 0 radical (unpaired) electrons. The van der Waals surface area contributed by atoms with E-state index in [1.165, 1.54) is 0 Å². The van der Waals surface area contributed by atoms with E-state index in [4.69, 9.17) is 5.73 Å². The SMILES string of the molecule is Nc1ccc(-c2nncn2-c2ccccc2)nc1. The van der Waals surface area contributed by atoms with Crippen molar-refractivity contribution in [3.05, 3.63) is 55.0 Å². The number of nitrogens with zero attached hydrogens (tertiary/aromatic N) is 4. The van der Waals surface area contributed by atoms with E-state index in [2.05, 4.69) is 15.2 Å². The lowest BCUT2D eigenvalue weighted by Gasteiger charge is -2.05. The van der Waals surface area contributed by atoms with Crippen LogP contribution < -0.4 is 5.73 Å². The molecule has 2 heterocycles. The predicted molar refractivity (Wildman–Crippen MR) is 69.0 cm³/mol. The van der Waals surface area contributed by atoms with Gasteiger partial charge in [0.25, 0.3) is 0 Å². The molecule has 18 heavy (non-hydrogen) atoms. The lowest BCUT2D eigenvalue weighted by Crippen LogP contribution is -1.97. The highest BCUT2D eigenvalue weighted by atomic mass is 15.3. The third-order valence-electron chi connectivity index (χ3n) is 2.60. The van der Waals surface area contributed by atoms with Crippen molar-refractivity contribution in [3.8, 4) is 17.2 Å². The van der Waals surface area contributed by atoms with Gasteiger partial charge in [-0.2, -0.15) is 0 Å². The Hall–Kier alpha value is -2.69. The predicted octanol–water partition coefficient (Wildman–Crippen LogP) is 1.91. The molecular formula is C13H11N5. The maximum absolute atomic E-state index is 5.62. The van der Waals surface area contributed by atoms with Crippen molar-refractivity contribution in [2.24, 2.45) is 0 Å². The van der Waals surface area contributed by atoms with Crippen LogP contribution in [0.25, 0.3) is 17.2 Å². The maximum atomic E-state index is 5.62. The van der Waals surface area contributed by atoms with Crippen molar-refractivity contribution in [1.29, 1.82) is 0 Å². The second kappa shape index (κ2) is 4.29. The molecule has 3 aromatic rings. The zero-order valence-electron chi connectivity index (χ0n) is 9.56. The Morgan fingerprint density at radius 3 is 2.56 bits per heavy atom. The van der Waals surface area contributed by atoms with E-state index in [0.29, 0.717) is 11.5 Å². The fourth-order valence-electron chi connectivity index (χ4n) is 1.72. The van der Waals surface area contributed by atoms with Crippen LogP contribution in [0.4, 0.5) is 5.69 Å². The number of rotatable bonds is 2. The van der Waals surface area contributed by atoms with Crippen LogP contribution in [-0.4, -0.2) is 19.7 Å². The van der Waals surface area contributed by atoms with Gasteiger partial charge in [0.2, 0.25) is 0 Å². The van der Waals surface area contributed by atoms with Crippen LogP contribution in [0, 0.1) is 0 Å². The minimum Gasteiger partial charge on any atom is -0.397 e. The zero-order chi connectivity index (χ0) is 12.4. The minimum absolute atomic E-state index is 0.629. The van der Waals surface area contributed by atoms with Crippen molar-refractivity contribution in [1.82, 2.24) is 19.7 Å². The monoisotopic (exact) mass is 237 g/mol. The van der Waals surface area contributed by atoms with Crippen LogP contribution in [0.1, 0.15) is 0 Å². The molecule has 0 bridgehead atoms. The van der Waals surface area contributed by atoms with Gasteiger partial charge in [-0.05, 0) is 24.3 Å². The first-order valence-electron chi connectivity index (χ1n) is 5.52. The summed E-state index contributed by atoms with van der Waals surface area (Å²) in [4.78, 5) is 4.26. The molecule has 3 rings (SSSR count). The molecule has 2 aromatic heterocycles. The maximum Gasteiger partial charge on any atom is 0.187 e.